The fraction of sp³-hybridized carbons (Fsp3) is 0.652. The summed E-state index contributed by atoms with van der Waals surface area (Å²) in [5, 5.41) is 89.6. The van der Waals surface area contributed by atoms with Crippen molar-refractivity contribution in [3.05, 3.63) is 16.8 Å². The quantitative estimate of drug-likeness (QED) is 0.0701. The number of aromatic nitrogens is 3. The fourth-order valence-corrected chi connectivity index (χ4v) is 4.32. The predicted molar refractivity (Wildman–Crippen MR) is 163 cm³/mol. The lowest BCUT2D eigenvalue weighted by atomic mass is 10.1. The van der Waals surface area contributed by atoms with Crippen molar-refractivity contribution >= 4 is 36.3 Å². The van der Waals surface area contributed by atoms with Gasteiger partial charge in [-0.05, 0) is 0 Å². The first-order valence-corrected chi connectivity index (χ1v) is 14.3. The molecule has 5 amide bonds. The molecule has 4 rings (SSSR count). The summed E-state index contributed by atoms with van der Waals surface area (Å²) in [6.07, 6.45) is -13.2. The van der Waals surface area contributed by atoms with E-state index < -0.39 is 123 Å². The molecule has 3 fully saturated rings. The van der Waals surface area contributed by atoms with E-state index in [1.54, 1.807) is 0 Å². The van der Waals surface area contributed by atoms with Crippen molar-refractivity contribution in [1.29, 1.82) is 0 Å². The van der Waals surface area contributed by atoms with Gasteiger partial charge in [0.2, 0.25) is 18.3 Å². The SMILES string of the molecule is NC(=NC=O)NC(=O)N[C@@H]1O[C@H](CO)[C@H](O)C1O.NC(N)=NC(=O)N[C@@H]1O[C@H](CO)[C@H](O)C1O.Nc1ncn([C@@H]2O[C@H](CO)C(O)[C@@H]2O)c(=O)n1. The summed E-state index contributed by atoms with van der Waals surface area (Å²) in [5.74, 6) is -1.07. The number of hydrogen-bond donors (Lipinski definition) is 16. The predicted octanol–water partition coefficient (Wildman–Crippen LogP) is -10.6. The standard InChI is InChI=1S/C8H14N4O6.C8H12N4O5.C7H14N4O5/c9-7(10-2-14)12-8(17)11-6-5(16)4(15)3(1-13)18-6;9-7-10-2-12(8(16)11-7)6-5(15)4(14)3(1-13)17-6;8-6(9)11-7(15)10-5-4(14)3(13)2(1-12)16-5/h2-6,13,15-16H,1H2,(H4,9,10,11,12,14,17);2-6,13-15H,1H2,(H2,9,11,16);2-5,12-14H,1H2,(H5,8,9,10,11,15)/t3-,4+,5?,6-;3-,4?,5+,6-;2-,3+,4?,5-/m111/s1. The number of guanidine groups is 2. The molecule has 288 valence electrons. The topological polar surface area (TPSA) is 474 Å². The van der Waals surface area contributed by atoms with Gasteiger partial charge >= 0.3 is 17.8 Å². The van der Waals surface area contributed by atoms with Gasteiger partial charge in [0, 0.05) is 0 Å². The monoisotopic (exact) mass is 740 g/mol. The first-order chi connectivity index (χ1) is 24.0. The molecule has 0 aliphatic carbocycles. The van der Waals surface area contributed by atoms with Crippen LogP contribution in [0.2, 0.25) is 0 Å². The first-order valence-electron chi connectivity index (χ1n) is 14.3. The highest BCUT2D eigenvalue weighted by molar-refractivity contribution is 5.97. The number of nitrogens with two attached hydrogens (primary N) is 4. The normalized spacial score (nSPS) is 32.8. The highest BCUT2D eigenvalue weighted by Crippen LogP contribution is 2.27. The Bertz CT molecular complexity index is 1430. The van der Waals surface area contributed by atoms with E-state index in [-0.39, 0.29) is 12.4 Å². The number of carbonyl (C=O) groups is 3. The van der Waals surface area contributed by atoms with Crippen molar-refractivity contribution in [1.82, 2.24) is 30.5 Å². The first kappa shape index (κ1) is 42.4. The minimum Gasteiger partial charge on any atom is -0.394 e. The number of nitrogens with one attached hydrogen (secondary N) is 3. The summed E-state index contributed by atoms with van der Waals surface area (Å²) < 4.78 is 16.0. The second kappa shape index (κ2) is 19.6. The number of urea groups is 2. The van der Waals surface area contributed by atoms with E-state index >= 15 is 0 Å². The van der Waals surface area contributed by atoms with E-state index in [1.807, 2.05) is 5.32 Å². The smallest absolute Gasteiger partial charge is 0.354 e. The van der Waals surface area contributed by atoms with E-state index in [1.165, 1.54) is 0 Å². The maximum absolute atomic E-state index is 11.5. The molecule has 4 heterocycles. The molecule has 0 spiro atoms. The largest absolute Gasteiger partial charge is 0.394 e. The molecule has 0 bridgehead atoms. The van der Waals surface area contributed by atoms with Gasteiger partial charge in [0.25, 0.3) is 0 Å². The van der Waals surface area contributed by atoms with Crippen LogP contribution in [0.25, 0.3) is 0 Å². The molecule has 28 nitrogen and oxygen atoms in total. The molecular formula is C23H40N12O16. The van der Waals surface area contributed by atoms with Gasteiger partial charge in [-0.25, -0.2) is 19.4 Å². The fourth-order valence-electron chi connectivity index (χ4n) is 4.32. The van der Waals surface area contributed by atoms with Gasteiger partial charge in [-0.1, -0.05) is 0 Å². The number of nitrogens with zero attached hydrogens (tertiary/aromatic N) is 5. The average Bonchev–Trinajstić information content (AvgIpc) is 3.62. The molecule has 20 N–H and O–H groups in total. The number of anilines is 1. The molecule has 1 aromatic rings. The summed E-state index contributed by atoms with van der Waals surface area (Å²) in [6.45, 7) is -1.46. The highest BCUT2D eigenvalue weighted by atomic mass is 16.6. The maximum atomic E-state index is 11.5. The second-order valence-corrected chi connectivity index (χ2v) is 10.4. The molecule has 0 saturated carbocycles. The van der Waals surface area contributed by atoms with Crippen LogP contribution < -0.4 is 44.6 Å². The summed E-state index contributed by atoms with van der Waals surface area (Å²) in [6, 6.07) is -1.79. The number of aliphatic hydroxyl groups excluding tert-OH is 9. The number of aliphatic imine (C=N–C) groups is 2. The number of carbonyl (C=O) groups excluding carboxylic acids is 3. The van der Waals surface area contributed by atoms with Gasteiger partial charge < -0.3 is 93.7 Å². The van der Waals surface area contributed by atoms with Crippen molar-refractivity contribution in [2.24, 2.45) is 27.2 Å². The molecule has 3 aliphatic rings. The van der Waals surface area contributed by atoms with Crippen LogP contribution >= 0.6 is 0 Å². The Balaban J connectivity index is 0.000000266. The van der Waals surface area contributed by atoms with Crippen LogP contribution in [-0.4, -0.2) is 178 Å². The highest BCUT2D eigenvalue weighted by Gasteiger charge is 2.45. The summed E-state index contributed by atoms with van der Waals surface area (Å²) in [7, 11) is 0. The van der Waals surface area contributed by atoms with Crippen LogP contribution in [0, 0.1) is 0 Å². The van der Waals surface area contributed by atoms with Gasteiger partial charge in [0.1, 0.15) is 61.3 Å². The number of amides is 5. The lowest BCUT2D eigenvalue weighted by molar-refractivity contribution is -0.106. The van der Waals surface area contributed by atoms with Crippen molar-refractivity contribution in [3.63, 3.8) is 0 Å². The van der Waals surface area contributed by atoms with Crippen molar-refractivity contribution < 1.29 is 74.6 Å². The summed E-state index contributed by atoms with van der Waals surface area (Å²) in [4.78, 5) is 56.9. The van der Waals surface area contributed by atoms with Crippen LogP contribution in [0.1, 0.15) is 6.23 Å². The summed E-state index contributed by atoms with van der Waals surface area (Å²) in [5.41, 5.74) is 19.5. The Hall–Kier alpha value is -4.72. The van der Waals surface area contributed by atoms with Gasteiger partial charge in [0.05, 0.1) is 19.8 Å². The molecule has 0 radical (unpaired) electrons. The Morgan fingerprint density at radius 3 is 1.75 bits per heavy atom. The zero-order valence-corrected chi connectivity index (χ0v) is 26.1. The van der Waals surface area contributed by atoms with Crippen LogP contribution in [0.15, 0.2) is 21.1 Å². The Morgan fingerprint density at radius 2 is 1.31 bits per heavy atom. The number of nitrogen functional groups attached to an aromatic ring is 1. The average molecular weight is 741 g/mol. The lowest BCUT2D eigenvalue weighted by Gasteiger charge is -2.16. The third-order valence-corrected chi connectivity index (χ3v) is 6.82. The molecule has 0 aromatic carbocycles. The van der Waals surface area contributed by atoms with Crippen molar-refractivity contribution in [3.8, 4) is 0 Å². The zero-order chi connectivity index (χ0) is 38.6. The molecule has 51 heavy (non-hydrogen) atoms. The van der Waals surface area contributed by atoms with Gasteiger partial charge in [-0.3, -0.25) is 14.7 Å². The van der Waals surface area contributed by atoms with Gasteiger partial charge in [-0.2, -0.15) is 15.0 Å². The molecule has 1 aromatic heterocycles. The second-order valence-electron chi connectivity index (χ2n) is 10.4. The maximum Gasteiger partial charge on any atom is 0.354 e. The van der Waals surface area contributed by atoms with E-state index in [9.17, 15) is 49.8 Å². The molecular weight excluding hydrogens is 700 g/mol. The van der Waals surface area contributed by atoms with Crippen molar-refractivity contribution in [2.45, 2.75) is 73.6 Å². The summed E-state index contributed by atoms with van der Waals surface area (Å²) >= 11 is 0. The Labute approximate surface area is 285 Å². The molecule has 3 aliphatic heterocycles. The number of rotatable bonds is 7. The van der Waals surface area contributed by atoms with Crippen molar-refractivity contribution in [2.75, 3.05) is 25.6 Å². The van der Waals surface area contributed by atoms with E-state index in [0.29, 0.717) is 0 Å². The third kappa shape index (κ3) is 11.7. The van der Waals surface area contributed by atoms with Gasteiger partial charge in [-0.15, -0.1) is 0 Å². The lowest BCUT2D eigenvalue weighted by Crippen LogP contribution is -2.50. The molecule has 12 atom stereocenters. The van der Waals surface area contributed by atoms with Crippen LogP contribution in [-0.2, 0) is 19.0 Å². The minimum atomic E-state index is -1.39. The molecule has 28 heteroatoms. The van der Waals surface area contributed by atoms with E-state index in [0.717, 1.165) is 10.9 Å². The number of hydrogen-bond acceptors (Lipinski definition) is 19. The zero-order valence-electron chi connectivity index (χ0n) is 26.1. The third-order valence-electron chi connectivity index (χ3n) is 6.82. The van der Waals surface area contributed by atoms with Crippen LogP contribution in [0.4, 0.5) is 15.5 Å². The van der Waals surface area contributed by atoms with Gasteiger partial charge in [0.15, 0.2) is 24.6 Å². The number of aliphatic hydroxyl groups is 9. The minimum absolute atomic E-state index is 0.141. The van der Waals surface area contributed by atoms with E-state index in [2.05, 4.69) is 30.6 Å². The van der Waals surface area contributed by atoms with Crippen LogP contribution in [0.5, 0.6) is 0 Å². The van der Waals surface area contributed by atoms with Crippen LogP contribution in [0.3, 0.4) is 0 Å². The Morgan fingerprint density at radius 1 is 0.824 bits per heavy atom. The van der Waals surface area contributed by atoms with E-state index in [4.69, 9.17) is 52.5 Å². The Kier molecular flexibility index (Phi) is 16.3. The number of ether oxygens (including phenoxy) is 3. The molecule has 3 unspecified atom stereocenters. The molecule has 3 saturated heterocycles.